The molecule has 4 heteroatoms. The Kier molecular flexibility index (Phi) is 5.65. The smallest absolute Gasteiger partial charge is 0.161 e. The summed E-state index contributed by atoms with van der Waals surface area (Å²) in [6, 6.07) is 7.95. The van der Waals surface area contributed by atoms with Gasteiger partial charge in [-0.1, -0.05) is 6.07 Å². The van der Waals surface area contributed by atoms with Crippen molar-refractivity contribution in [1.82, 2.24) is 0 Å². The summed E-state index contributed by atoms with van der Waals surface area (Å²) in [4.78, 5) is 0. The van der Waals surface area contributed by atoms with Gasteiger partial charge in [-0.15, -0.1) is 0 Å². The molecule has 0 fully saturated rings. The van der Waals surface area contributed by atoms with E-state index < -0.39 is 0 Å². The van der Waals surface area contributed by atoms with Crippen molar-refractivity contribution in [2.45, 2.75) is 33.7 Å². The van der Waals surface area contributed by atoms with Gasteiger partial charge in [-0.3, -0.25) is 0 Å². The summed E-state index contributed by atoms with van der Waals surface area (Å²) >= 11 is 0. The predicted molar refractivity (Wildman–Crippen MR) is 75.0 cm³/mol. The van der Waals surface area contributed by atoms with Gasteiger partial charge < -0.3 is 15.2 Å². The molecule has 4 nitrogen and oxygen atoms in total. The number of hydrogen-bond donors (Lipinski definition) is 1. The van der Waals surface area contributed by atoms with Crippen LogP contribution in [0.1, 0.15) is 32.8 Å². The molecule has 2 N–H and O–H groups in total. The van der Waals surface area contributed by atoms with E-state index in [2.05, 4.69) is 6.07 Å². The Hall–Kier alpha value is -1.73. The molecule has 0 aliphatic heterocycles. The highest BCUT2D eigenvalue weighted by Crippen LogP contribution is 2.29. The summed E-state index contributed by atoms with van der Waals surface area (Å²) < 4.78 is 11.3. The van der Waals surface area contributed by atoms with Crippen molar-refractivity contribution in [2.24, 2.45) is 11.1 Å². The number of benzene rings is 1. The normalized spacial score (nSPS) is 10.9. The fourth-order valence-corrected chi connectivity index (χ4v) is 1.54. The molecule has 0 amide bonds. The van der Waals surface area contributed by atoms with Gasteiger partial charge in [0, 0.05) is 6.54 Å². The van der Waals surface area contributed by atoms with Crippen molar-refractivity contribution in [3.05, 3.63) is 23.8 Å². The van der Waals surface area contributed by atoms with Crippen molar-refractivity contribution in [3.8, 4) is 17.6 Å². The average Bonchev–Trinajstić information content (AvgIpc) is 2.40. The van der Waals surface area contributed by atoms with Gasteiger partial charge in [-0.2, -0.15) is 5.26 Å². The summed E-state index contributed by atoms with van der Waals surface area (Å²) in [5.74, 6) is 1.41. The minimum atomic E-state index is -0.372. The molecule has 0 aliphatic rings. The minimum Gasteiger partial charge on any atom is -0.490 e. The molecule has 0 atom stereocenters. The first-order valence-electron chi connectivity index (χ1n) is 6.52. The minimum absolute atomic E-state index is 0.372. The van der Waals surface area contributed by atoms with Crippen LogP contribution in [0.2, 0.25) is 0 Å². The van der Waals surface area contributed by atoms with Crippen LogP contribution in [0.15, 0.2) is 18.2 Å². The Balaban J connectivity index is 2.70. The molecular weight excluding hydrogens is 240 g/mol. The van der Waals surface area contributed by atoms with Gasteiger partial charge in [0.15, 0.2) is 11.5 Å². The van der Waals surface area contributed by atoms with Crippen LogP contribution in [0.4, 0.5) is 0 Å². The van der Waals surface area contributed by atoms with Crippen molar-refractivity contribution in [2.75, 3.05) is 13.2 Å². The molecule has 0 radical (unpaired) electrons. The monoisotopic (exact) mass is 262 g/mol. The third-order valence-electron chi connectivity index (χ3n) is 2.83. The van der Waals surface area contributed by atoms with E-state index in [1.54, 1.807) is 0 Å². The SMILES string of the molecule is CCOc1cc(CN)ccc1OCCC(C)(C)C#N. The van der Waals surface area contributed by atoms with Gasteiger partial charge in [0.25, 0.3) is 0 Å². The van der Waals surface area contributed by atoms with Crippen LogP contribution in [0, 0.1) is 16.7 Å². The van der Waals surface area contributed by atoms with Gasteiger partial charge in [0.2, 0.25) is 0 Å². The third-order valence-corrected chi connectivity index (χ3v) is 2.83. The molecule has 1 aromatic carbocycles. The molecule has 1 aromatic rings. The molecule has 104 valence electrons. The second-order valence-electron chi connectivity index (χ2n) is 5.01. The number of ether oxygens (including phenoxy) is 2. The maximum absolute atomic E-state index is 8.95. The number of nitrogens with two attached hydrogens (primary N) is 1. The second-order valence-corrected chi connectivity index (χ2v) is 5.01. The molecule has 0 saturated carbocycles. The Labute approximate surface area is 115 Å². The van der Waals surface area contributed by atoms with Crippen molar-refractivity contribution < 1.29 is 9.47 Å². The molecule has 0 saturated heterocycles. The van der Waals surface area contributed by atoms with E-state index in [1.807, 2.05) is 39.0 Å². The lowest BCUT2D eigenvalue weighted by Crippen LogP contribution is -2.13. The number of nitriles is 1. The first kappa shape index (κ1) is 15.3. The van der Waals surface area contributed by atoms with E-state index in [1.165, 1.54) is 0 Å². The summed E-state index contributed by atoms with van der Waals surface area (Å²) in [7, 11) is 0. The second kappa shape index (κ2) is 7.01. The Bertz CT molecular complexity index is 450. The lowest BCUT2D eigenvalue weighted by Gasteiger charge is -2.17. The van der Waals surface area contributed by atoms with Crippen molar-refractivity contribution in [1.29, 1.82) is 5.26 Å². The van der Waals surface area contributed by atoms with Gasteiger partial charge >= 0.3 is 0 Å². The molecule has 0 aliphatic carbocycles. The van der Waals surface area contributed by atoms with Crippen LogP contribution in [0.3, 0.4) is 0 Å². The Morgan fingerprint density at radius 1 is 1.26 bits per heavy atom. The Morgan fingerprint density at radius 3 is 2.58 bits per heavy atom. The third kappa shape index (κ3) is 4.80. The summed E-state index contributed by atoms with van der Waals surface area (Å²) in [5, 5.41) is 8.95. The van der Waals surface area contributed by atoms with E-state index >= 15 is 0 Å². The van der Waals surface area contributed by atoms with Crippen LogP contribution in [0.25, 0.3) is 0 Å². The van der Waals surface area contributed by atoms with Gasteiger partial charge in [-0.05, 0) is 44.9 Å². The van der Waals surface area contributed by atoms with E-state index in [0.29, 0.717) is 37.7 Å². The molecule has 1 rings (SSSR count). The van der Waals surface area contributed by atoms with E-state index in [0.717, 1.165) is 5.56 Å². The van der Waals surface area contributed by atoms with Crippen LogP contribution >= 0.6 is 0 Å². The van der Waals surface area contributed by atoms with Crippen molar-refractivity contribution in [3.63, 3.8) is 0 Å². The summed E-state index contributed by atoms with van der Waals surface area (Å²) in [5.41, 5.74) is 6.24. The van der Waals surface area contributed by atoms with Crippen LogP contribution in [-0.2, 0) is 6.54 Å². The zero-order chi connectivity index (χ0) is 14.3. The fourth-order valence-electron chi connectivity index (χ4n) is 1.54. The molecule has 0 unspecified atom stereocenters. The van der Waals surface area contributed by atoms with Crippen molar-refractivity contribution >= 4 is 0 Å². The molecule has 0 heterocycles. The maximum atomic E-state index is 8.95. The van der Waals surface area contributed by atoms with E-state index in [9.17, 15) is 0 Å². The average molecular weight is 262 g/mol. The first-order chi connectivity index (χ1) is 9.02. The highest BCUT2D eigenvalue weighted by Gasteiger charge is 2.17. The lowest BCUT2D eigenvalue weighted by molar-refractivity contribution is 0.245. The van der Waals surface area contributed by atoms with Gasteiger partial charge in [0.05, 0.1) is 24.7 Å². The van der Waals surface area contributed by atoms with Gasteiger partial charge in [-0.25, -0.2) is 0 Å². The highest BCUT2D eigenvalue weighted by molar-refractivity contribution is 5.43. The van der Waals surface area contributed by atoms with E-state index in [4.69, 9.17) is 20.5 Å². The summed E-state index contributed by atoms with van der Waals surface area (Å²) in [6.07, 6.45) is 0.674. The topological polar surface area (TPSA) is 68.3 Å². The standard InChI is InChI=1S/C15H22N2O2/c1-4-18-14-9-12(10-16)5-6-13(14)19-8-7-15(2,3)11-17/h5-6,9H,4,7-8,10,16H2,1-3H3. The fraction of sp³-hybridized carbons (Fsp3) is 0.533. The van der Waals surface area contributed by atoms with Crippen LogP contribution in [0.5, 0.6) is 11.5 Å². The molecule has 0 spiro atoms. The zero-order valence-electron chi connectivity index (χ0n) is 11.9. The maximum Gasteiger partial charge on any atom is 0.161 e. The van der Waals surface area contributed by atoms with Crippen LogP contribution < -0.4 is 15.2 Å². The van der Waals surface area contributed by atoms with Crippen LogP contribution in [-0.4, -0.2) is 13.2 Å². The number of nitrogens with zero attached hydrogens (tertiary/aromatic N) is 1. The lowest BCUT2D eigenvalue weighted by atomic mass is 9.92. The number of hydrogen-bond acceptors (Lipinski definition) is 4. The molecular formula is C15H22N2O2. The number of rotatable bonds is 7. The Morgan fingerprint density at radius 2 is 2.00 bits per heavy atom. The predicted octanol–water partition coefficient (Wildman–Crippen LogP) is 2.86. The largest absolute Gasteiger partial charge is 0.490 e. The quantitative estimate of drug-likeness (QED) is 0.820. The van der Waals surface area contributed by atoms with Gasteiger partial charge in [0.1, 0.15) is 0 Å². The summed E-state index contributed by atoms with van der Waals surface area (Å²) in [6.45, 7) is 7.27. The zero-order valence-corrected chi connectivity index (χ0v) is 11.9. The first-order valence-corrected chi connectivity index (χ1v) is 6.52. The van der Waals surface area contributed by atoms with E-state index in [-0.39, 0.29) is 5.41 Å². The molecule has 0 aromatic heterocycles. The molecule has 19 heavy (non-hydrogen) atoms. The highest BCUT2D eigenvalue weighted by atomic mass is 16.5. The molecule has 0 bridgehead atoms.